The SMILES string of the molecule is C1CC1.COc1ccc(F)c(-c2ccc(COc3cccc(CCC(=O)O)c3)cc2CC(C)(C)C)c1. The molecule has 1 saturated carbocycles. The van der Waals surface area contributed by atoms with E-state index in [9.17, 15) is 9.18 Å². The summed E-state index contributed by atoms with van der Waals surface area (Å²) in [4.78, 5) is 10.8. The Hall–Kier alpha value is -3.34. The second-order valence-electron chi connectivity index (χ2n) is 10.5. The number of hydrogen-bond donors (Lipinski definition) is 1. The van der Waals surface area contributed by atoms with E-state index in [2.05, 4.69) is 26.8 Å². The Balaban J connectivity index is 0.00000112. The van der Waals surface area contributed by atoms with Crippen molar-refractivity contribution in [1.29, 1.82) is 0 Å². The molecule has 4 rings (SSSR count). The lowest BCUT2D eigenvalue weighted by molar-refractivity contribution is -0.136. The lowest BCUT2D eigenvalue weighted by atomic mass is 9.84. The second kappa shape index (κ2) is 12.6. The van der Waals surface area contributed by atoms with E-state index in [-0.39, 0.29) is 17.7 Å². The van der Waals surface area contributed by atoms with E-state index in [0.29, 0.717) is 30.1 Å². The van der Waals surface area contributed by atoms with Gasteiger partial charge in [0, 0.05) is 12.0 Å². The highest BCUT2D eigenvalue weighted by Crippen LogP contribution is 2.34. The zero-order valence-corrected chi connectivity index (χ0v) is 21.8. The molecule has 0 heterocycles. The van der Waals surface area contributed by atoms with E-state index < -0.39 is 5.97 Å². The molecule has 1 fully saturated rings. The number of methoxy groups -OCH3 is 1. The molecule has 0 spiro atoms. The number of halogens is 1. The monoisotopic (exact) mass is 492 g/mol. The van der Waals surface area contributed by atoms with E-state index in [4.69, 9.17) is 14.6 Å². The fraction of sp³-hybridized carbons (Fsp3) is 0.387. The number of carboxylic acids is 1. The predicted molar refractivity (Wildman–Crippen MR) is 142 cm³/mol. The molecule has 1 aliphatic rings. The number of carboxylic acid groups (broad SMARTS) is 1. The third kappa shape index (κ3) is 9.03. The van der Waals surface area contributed by atoms with Crippen molar-refractivity contribution in [2.45, 2.75) is 65.9 Å². The van der Waals surface area contributed by atoms with Crippen LogP contribution in [0.15, 0.2) is 60.7 Å². The van der Waals surface area contributed by atoms with Crippen molar-refractivity contribution < 1.29 is 23.8 Å². The van der Waals surface area contributed by atoms with Crippen LogP contribution in [0.2, 0.25) is 0 Å². The van der Waals surface area contributed by atoms with Crippen LogP contribution in [0.5, 0.6) is 11.5 Å². The van der Waals surface area contributed by atoms with Gasteiger partial charge in [-0.3, -0.25) is 4.79 Å². The van der Waals surface area contributed by atoms with Gasteiger partial charge in [0.15, 0.2) is 0 Å². The summed E-state index contributed by atoms with van der Waals surface area (Å²) in [5.41, 5.74) is 4.34. The number of hydrogen-bond acceptors (Lipinski definition) is 3. The molecule has 0 unspecified atom stereocenters. The van der Waals surface area contributed by atoms with Crippen molar-refractivity contribution in [2.24, 2.45) is 5.41 Å². The minimum absolute atomic E-state index is 0.0159. The first-order chi connectivity index (χ1) is 17.1. The Morgan fingerprint density at radius 2 is 1.67 bits per heavy atom. The number of ether oxygens (including phenoxy) is 2. The highest BCUT2D eigenvalue weighted by Gasteiger charge is 2.18. The summed E-state index contributed by atoms with van der Waals surface area (Å²) in [6.07, 6.45) is 5.82. The minimum atomic E-state index is -0.819. The molecule has 0 radical (unpaired) electrons. The van der Waals surface area contributed by atoms with Gasteiger partial charge in [-0.1, -0.05) is 70.4 Å². The molecule has 3 aromatic rings. The van der Waals surface area contributed by atoms with Gasteiger partial charge in [0.05, 0.1) is 7.11 Å². The van der Waals surface area contributed by atoms with Crippen molar-refractivity contribution >= 4 is 5.97 Å². The van der Waals surface area contributed by atoms with Crippen LogP contribution in [-0.4, -0.2) is 18.2 Å². The quantitative estimate of drug-likeness (QED) is 0.330. The van der Waals surface area contributed by atoms with Crippen LogP contribution in [-0.2, 0) is 24.2 Å². The van der Waals surface area contributed by atoms with Crippen molar-refractivity contribution in [3.63, 3.8) is 0 Å². The van der Waals surface area contributed by atoms with Gasteiger partial charge in [0.2, 0.25) is 0 Å². The van der Waals surface area contributed by atoms with E-state index in [1.165, 1.54) is 25.3 Å². The molecule has 3 aromatic carbocycles. The molecule has 0 bridgehead atoms. The Morgan fingerprint density at radius 1 is 0.917 bits per heavy atom. The van der Waals surface area contributed by atoms with Crippen LogP contribution in [0.3, 0.4) is 0 Å². The average Bonchev–Trinajstić information content (AvgIpc) is 3.71. The maximum atomic E-state index is 14.7. The lowest BCUT2D eigenvalue weighted by Crippen LogP contribution is -2.11. The third-order valence-corrected chi connectivity index (χ3v) is 5.64. The smallest absolute Gasteiger partial charge is 0.303 e. The van der Waals surface area contributed by atoms with Gasteiger partial charge >= 0.3 is 5.97 Å². The first-order valence-corrected chi connectivity index (χ1v) is 12.5. The maximum Gasteiger partial charge on any atom is 0.303 e. The van der Waals surface area contributed by atoms with Crippen LogP contribution in [0, 0.1) is 11.2 Å². The van der Waals surface area contributed by atoms with Gasteiger partial charge in [0.25, 0.3) is 0 Å². The largest absolute Gasteiger partial charge is 0.497 e. The molecule has 192 valence electrons. The van der Waals surface area contributed by atoms with Crippen LogP contribution in [0.25, 0.3) is 11.1 Å². The molecule has 0 atom stereocenters. The Labute approximate surface area is 214 Å². The second-order valence-corrected chi connectivity index (χ2v) is 10.5. The van der Waals surface area contributed by atoms with E-state index in [1.807, 2.05) is 36.4 Å². The highest BCUT2D eigenvalue weighted by atomic mass is 19.1. The first-order valence-electron chi connectivity index (χ1n) is 12.5. The summed E-state index contributed by atoms with van der Waals surface area (Å²) in [5.74, 6) is 0.204. The first kappa shape index (κ1) is 27.3. The summed E-state index contributed by atoms with van der Waals surface area (Å²) >= 11 is 0. The molecule has 1 aliphatic carbocycles. The number of carbonyl (C=O) groups is 1. The Morgan fingerprint density at radius 3 is 2.31 bits per heavy atom. The van der Waals surface area contributed by atoms with Crippen LogP contribution >= 0.6 is 0 Å². The molecule has 4 nitrogen and oxygen atoms in total. The molecular formula is C31H37FO4. The summed E-state index contributed by atoms with van der Waals surface area (Å²) < 4.78 is 26.0. The normalized spacial score (nSPS) is 12.4. The van der Waals surface area contributed by atoms with Crippen LogP contribution in [0.1, 0.15) is 63.1 Å². The fourth-order valence-corrected chi connectivity index (χ4v) is 3.76. The zero-order valence-electron chi connectivity index (χ0n) is 21.8. The van der Waals surface area contributed by atoms with Crippen molar-refractivity contribution in [3.05, 3.63) is 83.2 Å². The molecule has 0 amide bonds. The molecular weight excluding hydrogens is 455 g/mol. The molecule has 1 N–H and O–H groups in total. The summed E-state index contributed by atoms with van der Waals surface area (Å²) in [6.45, 7) is 6.83. The van der Waals surface area contributed by atoms with Gasteiger partial charge < -0.3 is 14.6 Å². The number of benzene rings is 3. The van der Waals surface area contributed by atoms with Gasteiger partial charge in [-0.2, -0.15) is 0 Å². The van der Waals surface area contributed by atoms with Gasteiger partial charge in [0.1, 0.15) is 23.9 Å². The van der Waals surface area contributed by atoms with Crippen LogP contribution in [0.4, 0.5) is 4.39 Å². The Kier molecular flexibility index (Phi) is 9.51. The minimum Gasteiger partial charge on any atom is -0.497 e. The topological polar surface area (TPSA) is 55.8 Å². The van der Waals surface area contributed by atoms with Crippen molar-refractivity contribution in [3.8, 4) is 22.6 Å². The molecule has 5 heteroatoms. The molecule has 0 aromatic heterocycles. The zero-order chi connectivity index (χ0) is 26.1. The average molecular weight is 493 g/mol. The van der Waals surface area contributed by atoms with E-state index in [0.717, 1.165) is 28.7 Å². The van der Waals surface area contributed by atoms with E-state index >= 15 is 0 Å². The van der Waals surface area contributed by atoms with Gasteiger partial charge in [-0.15, -0.1) is 0 Å². The summed E-state index contributed by atoms with van der Waals surface area (Å²) in [7, 11) is 1.57. The standard InChI is InChI=1S/C28H31FO4.C3H6/c1-28(2,3)17-21-14-20(8-11-24(21)25-16-22(32-4)10-12-26(25)29)18-33-23-7-5-6-19(15-23)9-13-27(30)31;1-2-3-1/h5-8,10-12,14-16H,9,13,17-18H2,1-4H3,(H,30,31);1-3H2. The van der Waals surface area contributed by atoms with Crippen LogP contribution < -0.4 is 9.47 Å². The fourth-order valence-electron chi connectivity index (χ4n) is 3.76. The third-order valence-electron chi connectivity index (χ3n) is 5.64. The number of aliphatic carboxylic acids is 1. The number of aryl methyl sites for hydroxylation is 1. The molecule has 0 aliphatic heterocycles. The van der Waals surface area contributed by atoms with Gasteiger partial charge in [-0.25, -0.2) is 4.39 Å². The predicted octanol–water partition coefficient (Wildman–Crippen LogP) is 7.86. The maximum absolute atomic E-state index is 14.7. The Bertz CT molecular complexity index is 1160. The molecule has 0 saturated heterocycles. The highest BCUT2D eigenvalue weighted by molar-refractivity contribution is 5.70. The van der Waals surface area contributed by atoms with E-state index in [1.54, 1.807) is 19.2 Å². The van der Waals surface area contributed by atoms with Gasteiger partial charge in [-0.05, 0) is 70.8 Å². The summed E-state index contributed by atoms with van der Waals surface area (Å²) in [5, 5.41) is 8.89. The lowest BCUT2D eigenvalue weighted by Gasteiger charge is -2.22. The number of rotatable bonds is 9. The van der Waals surface area contributed by atoms with Crippen molar-refractivity contribution in [1.82, 2.24) is 0 Å². The molecule has 36 heavy (non-hydrogen) atoms. The van der Waals surface area contributed by atoms with Crippen molar-refractivity contribution in [2.75, 3.05) is 7.11 Å². The summed E-state index contributed by atoms with van der Waals surface area (Å²) in [6, 6.07) is 18.3.